The molecule has 0 N–H and O–H groups in total. The summed E-state index contributed by atoms with van der Waals surface area (Å²) in [7, 11) is 1.88. The zero-order chi connectivity index (χ0) is 8.58. The van der Waals surface area contributed by atoms with Crippen molar-refractivity contribution in [2.24, 2.45) is 23.7 Å². The van der Waals surface area contributed by atoms with Gasteiger partial charge in [-0.15, -0.1) is 0 Å². The predicted octanol–water partition coefficient (Wildman–Crippen LogP) is 1.44. The molecule has 2 heteroatoms. The zero-order valence-corrected chi connectivity index (χ0v) is 7.98. The van der Waals surface area contributed by atoms with Gasteiger partial charge in [0.25, 0.3) is 0 Å². The Morgan fingerprint density at radius 2 is 2.08 bits per heavy atom. The summed E-state index contributed by atoms with van der Waals surface area (Å²) in [5.74, 6) is 3.72. The Morgan fingerprint density at radius 1 is 1.15 bits per heavy atom. The minimum atomic E-state index is 0.564. The van der Waals surface area contributed by atoms with Crippen LogP contribution >= 0.6 is 0 Å². The lowest BCUT2D eigenvalue weighted by Crippen LogP contribution is -2.32. The van der Waals surface area contributed by atoms with E-state index in [1.54, 1.807) is 0 Å². The van der Waals surface area contributed by atoms with E-state index in [1.807, 2.05) is 7.11 Å². The predicted molar refractivity (Wildman–Crippen MR) is 47.3 cm³/mol. The molecule has 4 rings (SSSR count). The molecule has 0 aromatic rings. The van der Waals surface area contributed by atoms with Gasteiger partial charge in [0.15, 0.2) is 0 Å². The summed E-state index contributed by atoms with van der Waals surface area (Å²) in [6, 6.07) is 0. The fraction of sp³-hybridized carbons (Fsp3) is 1.00. The van der Waals surface area contributed by atoms with E-state index in [2.05, 4.69) is 0 Å². The van der Waals surface area contributed by atoms with Gasteiger partial charge in [0.1, 0.15) is 0 Å². The Bertz CT molecular complexity index is 252. The maximum absolute atomic E-state index is 5.66. The third-order valence-corrected chi connectivity index (χ3v) is 4.99. The molecule has 1 saturated heterocycles. The SMILES string of the molecule is CO[C@@H]1C[C@@H]2C[C@H]1C1C3OC3CC12. The average Bonchev–Trinajstić information content (AvgIpc) is 2.60. The van der Waals surface area contributed by atoms with E-state index in [1.165, 1.54) is 19.3 Å². The van der Waals surface area contributed by atoms with Gasteiger partial charge in [0.2, 0.25) is 0 Å². The third kappa shape index (κ3) is 0.736. The molecule has 2 nitrogen and oxygen atoms in total. The Hall–Kier alpha value is -0.0800. The van der Waals surface area contributed by atoms with Gasteiger partial charge in [-0.25, -0.2) is 0 Å². The lowest BCUT2D eigenvalue weighted by Gasteiger charge is -2.31. The fourth-order valence-corrected chi connectivity index (χ4v) is 4.52. The van der Waals surface area contributed by atoms with E-state index in [-0.39, 0.29) is 0 Å². The van der Waals surface area contributed by atoms with Crippen LogP contribution in [-0.4, -0.2) is 25.4 Å². The lowest BCUT2D eigenvalue weighted by atomic mass is 9.79. The second-order valence-electron chi connectivity index (χ2n) is 5.29. The Balaban J connectivity index is 1.67. The quantitative estimate of drug-likeness (QED) is 0.570. The first-order valence-electron chi connectivity index (χ1n) is 5.56. The third-order valence-electron chi connectivity index (χ3n) is 4.99. The number of hydrogen-bond donors (Lipinski definition) is 0. The van der Waals surface area contributed by atoms with Crippen LogP contribution < -0.4 is 0 Å². The summed E-state index contributed by atoms with van der Waals surface area (Å²) in [6.07, 6.45) is 6.01. The molecule has 3 aliphatic carbocycles. The van der Waals surface area contributed by atoms with Crippen molar-refractivity contribution in [3.8, 4) is 0 Å². The first-order valence-corrected chi connectivity index (χ1v) is 5.56. The summed E-state index contributed by atoms with van der Waals surface area (Å²) in [4.78, 5) is 0. The second-order valence-corrected chi connectivity index (χ2v) is 5.29. The largest absolute Gasteiger partial charge is 0.381 e. The van der Waals surface area contributed by atoms with Crippen molar-refractivity contribution in [1.29, 1.82) is 0 Å². The second kappa shape index (κ2) is 2.12. The zero-order valence-electron chi connectivity index (χ0n) is 7.98. The van der Waals surface area contributed by atoms with Crippen LogP contribution in [0.1, 0.15) is 19.3 Å². The van der Waals surface area contributed by atoms with E-state index in [9.17, 15) is 0 Å². The smallest absolute Gasteiger partial charge is 0.0876 e. The Kier molecular flexibility index (Phi) is 1.18. The average molecular weight is 180 g/mol. The molecule has 0 radical (unpaired) electrons. The van der Waals surface area contributed by atoms with Crippen molar-refractivity contribution in [3.05, 3.63) is 0 Å². The van der Waals surface area contributed by atoms with E-state index >= 15 is 0 Å². The Labute approximate surface area is 78.6 Å². The lowest BCUT2D eigenvalue weighted by molar-refractivity contribution is 0.00479. The van der Waals surface area contributed by atoms with Crippen LogP contribution in [-0.2, 0) is 9.47 Å². The highest BCUT2D eigenvalue weighted by Gasteiger charge is 2.66. The molecule has 4 aliphatic rings. The van der Waals surface area contributed by atoms with E-state index in [4.69, 9.17) is 9.47 Å². The van der Waals surface area contributed by atoms with Crippen LogP contribution in [0.15, 0.2) is 0 Å². The molecule has 2 bridgehead atoms. The molecule has 72 valence electrons. The van der Waals surface area contributed by atoms with Crippen molar-refractivity contribution in [3.63, 3.8) is 0 Å². The molecule has 0 aromatic heterocycles. The van der Waals surface area contributed by atoms with Gasteiger partial charge in [-0.3, -0.25) is 0 Å². The van der Waals surface area contributed by atoms with Crippen molar-refractivity contribution >= 4 is 0 Å². The van der Waals surface area contributed by atoms with Crippen LogP contribution in [0.5, 0.6) is 0 Å². The standard InChI is InChI=1S/C11H16O2/c1-12-8-3-5-2-7(8)10-6(5)4-9-11(10)13-9/h5-11H,2-4H2,1H3/t5-,6?,7+,8+,9?,10?,11?/m0/s1. The van der Waals surface area contributed by atoms with Gasteiger partial charge >= 0.3 is 0 Å². The molecular formula is C11H16O2. The van der Waals surface area contributed by atoms with Crippen LogP contribution in [0.4, 0.5) is 0 Å². The molecule has 4 unspecified atom stereocenters. The minimum Gasteiger partial charge on any atom is -0.381 e. The van der Waals surface area contributed by atoms with Gasteiger partial charge in [-0.1, -0.05) is 0 Å². The topological polar surface area (TPSA) is 21.8 Å². The van der Waals surface area contributed by atoms with Gasteiger partial charge in [-0.05, 0) is 42.9 Å². The molecule has 1 heterocycles. The highest BCUT2D eigenvalue weighted by atomic mass is 16.6. The highest BCUT2D eigenvalue weighted by molar-refractivity contribution is 5.14. The summed E-state index contributed by atoms with van der Waals surface area (Å²) >= 11 is 0. The molecule has 0 aromatic carbocycles. The molecule has 0 amide bonds. The summed E-state index contributed by atoms with van der Waals surface area (Å²) in [5.41, 5.74) is 0. The summed E-state index contributed by atoms with van der Waals surface area (Å²) < 4.78 is 11.2. The number of methoxy groups -OCH3 is 1. The van der Waals surface area contributed by atoms with Crippen molar-refractivity contribution in [2.45, 2.75) is 37.6 Å². The number of rotatable bonds is 1. The van der Waals surface area contributed by atoms with Crippen LogP contribution in [0.2, 0.25) is 0 Å². The maximum Gasteiger partial charge on any atom is 0.0876 e. The monoisotopic (exact) mass is 180 g/mol. The molecular weight excluding hydrogens is 164 g/mol. The molecule has 3 saturated carbocycles. The van der Waals surface area contributed by atoms with Crippen molar-refractivity contribution in [2.75, 3.05) is 7.11 Å². The van der Waals surface area contributed by atoms with E-state index in [0.717, 1.165) is 23.7 Å². The summed E-state index contributed by atoms with van der Waals surface area (Å²) in [6.45, 7) is 0. The van der Waals surface area contributed by atoms with Gasteiger partial charge in [-0.2, -0.15) is 0 Å². The summed E-state index contributed by atoms with van der Waals surface area (Å²) in [5, 5.41) is 0. The van der Waals surface area contributed by atoms with E-state index < -0.39 is 0 Å². The van der Waals surface area contributed by atoms with Crippen molar-refractivity contribution in [1.82, 2.24) is 0 Å². The van der Waals surface area contributed by atoms with E-state index in [0.29, 0.717) is 18.3 Å². The number of epoxide rings is 1. The maximum atomic E-state index is 5.66. The highest BCUT2D eigenvalue weighted by Crippen LogP contribution is 2.64. The molecule has 13 heavy (non-hydrogen) atoms. The molecule has 7 atom stereocenters. The first-order chi connectivity index (χ1) is 6.38. The van der Waals surface area contributed by atoms with Gasteiger partial charge in [0.05, 0.1) is 18.3 Å². The number of fused-ring (bicyclic) bond motifs is 7. The number of ether oxygens (including phenoxy) is 2. The first kappa shape index (κ1) is 7.24. The molecule has 4 fully saturated rings. The molecule has 1 aliphatic heterocycles. The van der Waals surface area contributed by atoms with Crippen LogP contribution in [0, 0.1) is 23.7 Å². The van der Waals surface area contributed by atoms with Gasteiger partial charge < -0.3 is 9.47 Å². The minimum absolute atomic E-state index is 0.564. The van der Waals surface area contributed by atoms with Crippen LogP contribution in [0.25, 0.3) is 0 Å². The van der Waals surface area contributed by atoms with Crippen molar-refractivity contribution < 1.29 is 9.47 Å². The molecule has 0 spiro atoms. The number of hydrogen-bond acceptors (Lipinski definition) is 2. The van der Waals surface area contributed by atoms with Crippen LogP contribution in [0.3, 0.4) is 0 Å². The Morgan fingerprint density at radius 3 is 2.92 bits per heavy atom. The fourth-order valence-electron chi connectivity index (χ4n) is 4.52. The normalized spacial score (nSPS) is 66.7. The van der Waals surface area contributed by atoms with Gasteiger partial charge in [0, 0.05) is 7.11 Å².